The Labute approximate surface area is 193 Å². The summed E-state index contributed by atoms with van der Waals surface area (Å²) in [5, 5.41) is 3.92. The molecule has 0 radical (unpaired) electrons. The molecule has 0 aliphatic carbocycles. The van der Waals surface area contributed by atoms with Gasteiger partial charge >= 0.3 is 0 Å². The third-order valence-corrected chi connectivity index (χ3v) is 5.93. The summed E-state index contributed by atoms with van der Waals surface area (Å²) in [4.78, 5) is 31.9. The first-order valence-electron chi connectivity index (χ1n) is 11.1. The van der Waals surface area contributed by atoms with E-state index >= 15 is 0 Å². The van der Waals surface area contributed by atoms with Crippen molar-refractivity contribution >= 4 is 22.7 Å². The minimum absolute atomic E-state index is 0.0741. The van der Waals surface area contributed by atoms with Crippen LogP contribution in [-0.4, -0.2) is 39.9 Å². The lowest BCUT2D eigenvalue weighted by Gasteiger charge is -2.29. The summed E-state index contributed by atoms with van der Waals surface area (Å²) in [7, 11) is 3.68. The Balaban J connectivity index is 1.46. The maximum atomic E-state index is 13.4. The molecule has 2 amide bonds. The van der Waals surface area contributed by atoms with Gasteiger partial charge in [-0.05, 0) is 42.7 Å². The van der Waals surface area contributed by atoms with E-state index in [1.807, 2.05) is 87.0 Å². The molecule has 0 saturated heterocycles. The molecule has 1 atom stereocenters. The first-order chi connectivity index (χ1) is 16.0. The highest BCUT2D eigenvalue weighted by Gasteiger charge is 2.23. The Morgan fingerprint density at radius 2 is 1.79 bits per heavy atom. The number of hydrogen-bond acceptors (Lipinski definition) is 3. The van der Waals surface area contributed by atoms with Gasteiger partial charge in [0.05, 0.1) is 17.1 Å². The van der Waals surface area contributed by atoms with Crippen LogP contribution in [0.3, 0.4) is 0 Å². The average Bonchev–Trinajstić information content (AvgIpc) is 3.29. The van der Waals surface area contributed by atoms with Gasteiger partial charge in [-0.2, -0.15) is 0 Å². The number of benzene rings is 2. The number of rotatable bonds is 8. The summed E-state index contributed by atoms with van der Waals surface area (Å²) >= 11 is 0. The number of fused-ring (bicyclic) bond motifs is 1. The van der Waals surface area contributed by atoms with Crippen molar-refractivity contribution in [3.63, 3.8) is 0 Å². The van der Waals surface area contributed by atoms with Crippen molar-refractivity contribution < 1.29 is 9.59 Å². The quantitative estimate of drug-likeness (QED) is 0.407. The largest absolute Gasteiger partial charge is 0.351 e. The summed E-state index contributed by atoms with van der Waals surface area (Å²) < 4.78 is 1.80. The monoisotopic (exact) mass is 440 g/mol. The molecule has 0 aliphatic heterocycles. The summed E-state index contributed by atoms with van der Waals surface area (Å²) in [5.74, 6) is -0.166. The smallest absolute Gasteiger partial charge is 0.267 e. The number of nitrogens with zero attached hydrogens (tertiary/aromatic N) is 3. The first-order valence-corrected chi connectivity index (χ1v) is 11.1. The number of amides is 2. The molecule has 0 unspecified atom stereocenters. The minimum atomic E-state index is -0.114. The number of carbonyl (C=O) groups excluding carboxylic acids is 2. The molecule has 6 nitrogen and oxygen atoms in total. The van der Waals surface area contributed by atoms with Gasteiger partial charge in [0.25, 0.3) is 11.8 Å². The molecule has 6 heteroatoms. The maximum Gasteiger partial charge on any atom is 0.267 e. The Morgan fingerprint density at radius 3 is 2.55 bits per heavy atom. The first kappa shape index (κ1) is 22.3. The lowest BCUT2D eigenvalue weighted by Crippen LogP contribution is -2.32. The van der Waals surface area contributed by atoms with Gasteiger partial charge in [0, 0.05) is 38.4 Å². The van der Waals surface area contributed by atoms with E-state index < -0.39 is 0 Å². The van der Waals surface area contributed by atoms with Crippen LogP contribution in [0.5, 0.6) is 0 Å². The molecule has 0 spiro atoms. The predicted molar refractivity (Wildman–Crippen MR) is 130 cm³/mol. The van der Waals surface area contributed by atoms with Gasteiger partial charge in [-0.25, -0.2) is 0 Å². The van der Waals surface area contributed by atoms with Crippen molar-refractivity contribution in [3.05, 3.63) is 102 Å². The van der Waals surface area contributed by atoms with Crippen molar-refractivity contribution in [2.45, 2.75) is 18.9 Å². The molecule has 168 valence electrons. The van der Waals surface area contributed by atoms with E-state index in [1.54, 1.807) is 21.7 Å². The van der Waals surface area contributed by atoms with Crippen LogP contribution in [-0.2, 0) is 7.05 Å². The summed E-state index contributed by atoms with van der Waals surface area (Å²) in [6.07, 6.45) is 4.95. The van der Waals surface area contributed by atoms with E-state index in [9.17, 15) is 9.59 Å². The second-order valence-electron chi connectivity index (χ2n) is 8.16. The minimum Gasteiger partial charge on any atom is -0.351 e. The van der Waals surface area contributed by atoms with E-state index in [4.69, 9.17) is 0 Å². The fourth-order valence-electron chi connectivity index (χ4n) is 4.08. The molecular weight excluding hydrogens is 412 g/mol. The van der Waals surface area contributed by atoms with Crippen LogP contribution in [0.15, 0.2) is 85.2 Å². The van der Waals surface area contributed by atoms with Crippen LogP contribution in [0.2, 0.25) is 0 Å². The van der Waals surface area contributed by atoms with E-state index in [0.717, 1.165) is 29.3 Å². The number of aromatic nitrogens is 2. The molecule has 4 aromatic rings. The Kier molecular flexibility index (Phi) is 6.83. The van der Waals surface area contributed by atoms with Crippen molar-refractivity contribution in [1.82, 2.24) is 19.8 Å². The van der Waals surface area contributed by atoms with Crippen molar-refractivity contribution in [2.75, 3.05) is 13.6 Å². The lowest BCUT2D eigenvalue weighted by atomic mass is 9.99. The highest BCUT2D eigenvalue weighted by atomic mass is 16.2. The van der Waals surface area contributed by atoms with E-state index in [1.165, 1.54) is 0 Å². The highest BCUT2D eigenvalue weighted by molar-refractivity contribution is 5.97. The number of pyridine rings is 1. The van der Waals surface area contributed by atoms with Crippen molar-refractivity contribution in [2.24, 2.45) is 7.05 Å². The second-order valence-corrected chi connectivity index (χ2v) is 8.16. The number of carbonyl (C=O) groups is 2. The number of nitrogens with one attached hydrogen (secondary N) is 1. The summed E-state index contributed by atoms with van der Waals surface area (Å²) in [5.41, 5.74) is 3.13. The molecule has 0 aliphatic rings. The predicted octanol–water partition coefficient (Wildman–Crippen LogP) is 4.60. The molecule has 4 rings (SSSR count). The van der Waals surface area contributed by atoms with Gasteiger partial charge in [0.1, 0.15) is 5.69 Å². The zero-order valence-corrected chi connectivity index (χ0v) is 18.9. The topological polar surface area (TPSA) is 67.2 Å². The molecule has 2 heterocycles. The summed E-state index contributed by atoms with van der Waals surface area (Å²) in [6, 6.07) is 23.2. The molecule has 1 N–H and O–H groups in total. The summed E-state index contributed by atoms with van der Waals surface area (Å²) in [6.45, 7) is 0.535. The van der Waals surface area contributed by atoms with Gasteiger partial charge in [0.15, 0.2) is 0 Å². The fourth-order valence-corrected chi connectivity index (χ4v) is 4.08. The van der Waals surface area contributed by atoms with E-state index in [-0.39, 0.29) is 17.9 Å². The molecule has 0 saturated carbocycles. The highest BCUT2D eigenvalue weighted by Crippen LogP contribution is 2.26. The standard InChI is InChI=1S/C27H28N4O2/c1-30-17-9-15-25(30)26(32)28-16-8-14-24(20-10-4-3-5-11-20)31(2)27(33)22-18-21-12-6-7-13-23(21)29-19-22/h3-7,9-13,15,17-19,24H,8,14,16H2,1-2H3,(H,28,32)/t24-/m0/s1. The molecule has 33 heavy (non-hydrogen) atoms. The van der Waals surface area contributed by atoms with Crippen LogP contribution in [0.1, 0.15) is 45.3 Å². The fraction of sp³-hybridized carbons (Fsp3) is 0.222. The molecule has 0 fully saturated rings. The number of hydrogen-bond donors (Lipinski definition) is 1. The van der Waals surface area contributed by atoms with Gasteiger partial charge in [-0.1, -0.05) is 48.5 Å². The van der Waals surface area contributed by atoms with Gasteiger partial charge in [-0.3, -0.25) is 14.6 Å². The molecule has 2 aromatic carbocycles. The number of aryl methyl sites for hydroxylation is 1. The van der Waals surface area contributed by atoms with Gasteiger partial charge in [0.2, 0.25) is 0 Å². The van der Waals surface area contributed by atoms with Gasteiger partial charge in [-0.15, -0.1) is 0 Å². The Hall–Kier alpha value is -3.93. The van der Waals surface area contributed by atoms with Crippen LogP contribution in [0.25, 0.3) is 10.9 Å². The van der Waals surface area contributed by atoms with E-state index in [2.05, 4.69) is 10.3 Å². The van der Waals surface area contributed by atoms with Crippen LogP contribution >= 0.6 is 0 Å². The Morgan fingerprint density at radius 1 is 1.03 bits per heavy atom. The second kappa shape index (κ2) is 10.1. The lowest BCUT2D eigenvalue weighted by molar-refractivity contribution is 0.0718. The molecule has 2 aromatic heterocycles. The number of para-hydroxylation sites is 1. The average molecular weight is 441 g/mol. The van der Waals surface area contributed by atoms with Crippen LogP contribution < -0.4 is 5.32 Å². The zero-order valence-electron chi connectivity index (χ0n) is 18.9. The zero-order chi connectivity index (χ0) is 23.2. The maximum absolute atomic E-state index is 13.4. The van der Waals surface area contributed by atoms with Crippen molar-refractivity contribution in [3.8, 4) is 0 Å². The molecule has 0 bridgehead atoms. The third kappa shape index (κ3) is 5.12. The Bertz CT molecular complexity index is 1250. The normalized spacial score (nSPS) is 11.8. The SMILES string of the molecule is CN(C(=O)c1cnc2ccccc2c1)[C@@H](CCCNC(=O)c1cccn1C)c1ccccc1. The molecular formula is C27H28N4O2. The van der Waals surface area contributed by atoms with E-state index in [0.29, 0.717) is 17.8 Å². The van der Waals surface area contributed by atoms with Crippen molar-refractivity contribution in [1.29, 1.82) is 0 Å². The third-order valence-electron chi connectivity index (χ3n) is 5.93. The van der Waals surface area contributed by atoms with Crippen LogP contribution in [0, 0.1) is 0 Å². The van der Waals surface area contributed by atoms with Gasteiger partial charge < -0.3 is 14.8 Å². The van der Waals surface area contributed by atoms with Crippen LogP contribution in [0.4, 0.5) is 0 Å².